The molecule has 0 bridgehead atoms. The van der Waals surface area contributed by atoms with E-state index in [9.17, 15) is 4.79 Å². The number of para-hydroxylation sites is 1. The van der Waals surface area contributed by atoms with Crippen molar-refractivity contribution in [3.8, 4) is 0 Å². The Labute approximate surface area is 109 Å². The number of halogens is 1. The van der Waals surface area contributed by atoms with E-state index in [4.69, 9.17) is 5.73 Å². The molecule has 1 aromatic carbocycles. The van der Waals surface area contributed by atoms with E-state index < -0.39 is 0 Å². The minimum absolute atomic E-state index is 0. The Bertz CT molecular complexity index is 330. The highest BCUT2D eigenvalue weighted by Gasteiger charge is 2.07. The highest BCUT2D eigenvalue weighted by molar-refractivity contribution is 5.92. The second kappa shape index (κ2) is 8.06. The van der Waals surface area contributed by atoms with Crippen LogP contribution in [0.1, 0.15) is 6.92 Å². The molecule has 0 aliphatic carbocycles. The van der Waals surface area contributed by atoms with Crippen LogP contribution in [0.4, 0.5) is 5.69 Å². The van der Waals surface area contributed by atoms with E-state index in [1.54, 1.807) is 0 Å². The quantitative estimate of drug-likeness (QED) is 0.837. The minimum atomic E-state index is -0.0191. The van der Waals surface area contributed by atoms with Crippen LogP contribution in [0.3, 0.4) is 0 Å². The number of likely N-dealkylation sites (N-methyl/N-ethyl adjacent to an activating group) is 1. The Balaban J connectivity index is 0.00000256. The third kappa shape index (κ3) is 6.94. The smallest absolute Gasteiger partial charge is 0.238 e. The number of rotatable bonds is 5. The lowest BCUT2D eigenvalue weighted by Gasteiger charge is -2.18. The minimum Gasteiger partial charge on any atom is -0.327 e. The topological polar surface area (TPSA) is 58.4 Å². The molecular formula is C12H20ClN3O. The zero-order valence-corrected chi connectivity index (χ0v) is 11.0. The van der Waals surface area contributed by atoms with E-state index in [0.29, 0.717) is 13.1 Å². The molecule has 0 spiro atoms. The van der Waals surface area contributed by atoms with Crippen LogP contribution >= 0.6 is 12.4 Å². The monoisotopic (exact) mass is 257 g/mol. The Morgan fingerprint density at radius 3 is 2.53 bits per heavy atom. The number of anilines is 1. The van der Waals surface area contributed by atoms with Crippen molar-refractivity contribution >= 4 is 24.0 Å². The molecule has 0 saturated heterocycles. The molecular weight excluding hydrogens is 238 g/mol. The van der Waals surface area contributed by atoms with Gasteiger partial charge in [-0.2, -0.15) is 0 Å². The summed E-state index contributed by atoms with van der Waals surface area (Å²) in [6, 6.07) is 9.50. The van der Waals surface area contributed by atoms with Crippen molar-refractivity contribution in [3.05, 3.63) is 30.3 Å². The molecule has 1 amide bonds. The van der Waals surface area contributed by atoms with Crippen molar-refractivity contribution in [1.29, 1.82) is 0 Å². The summed E-state index contributed by atoms with van der Waals surface area (Å²) < 4.78 is 0. The highest BCUT2D eigenvalue weighted by atomic mass is 35.5. The third-order valence-electron chi connectivity index (χ3n) is 2.07. The number of nitrogens with zero attached hydrogens (tertiary/aromatic N) is 1. The summed E-state index contributed by atoms with van der Waals surface area (Å²) in [5.41, 5.74) is 6.47. The molecule has 0 radical (unpaired) electrons. The van der Waals surface area contributed by atoms with Crippen LogP contribution in [0, 0.1) is 0 Å². The van der Waals surface area contributed by atoms with Crippen molar-refractivity contribution in [2.45, 2.75) is 13.0 Å². The molecule has 0 saturated carbocycles. The van der Waals surface area contributed by atoms with Gasteiger partial charge in [0, 0.05) is 18.3 Å². The van der Waals surface area contributed by atoms with Crippen LogP contribution in [-0.2, 0) is 4.79 Å². The second-order valence-corrected chi connectivity index (χ2v) is 4.09. The lowest BCUT2D eigenvalue weighted by Crippen LogP contribution is -2.37. The Hall–Kier alpha value is -1.10. The molecule has 96 valence electrons. The first kappa shape index (κ1) is 15.9. The van der Waals surface area contributed by atoms with Gasteiger partial charge in [-0.05, 0) is 26.1 Å². The summed E-state index contributed by atoms with van der Waals surface area (Å²) in [6.07, 6.45) is 0. The van der Waals surface area contributed by atoms with E-state index >= 15 is 0 Å². The fourth-order valence-electron chi connectivity index (χ4n) is 1.52. The standard InChI is InChI=1S/C12H19N3O.ClH/c1-10(13)8-15(2)9-12(16)14-11-6-4-3-5-7-11;/h3-7,10H,8-9,13H2,1-2H3,(H,14,16);1H. The van der Waals surface area contributed by atoms with Gasteiger partial charge in [-0.1, -0.05) is 18.2 Å². The van der Waals surface area contributed by atoms with E-state index in [2.05, 4.69) is 5.32 Å². The molecule has 0 aliphatic heterocycles. The maximum absolute atomic E-state index is 11.6. The van der Waals surface area contributed by atoms with Crippen LogP contribution in [-0.4, -0.2) is 37.0 Å². The van der Waals surface area contributed by atoms with E-state index in [-0.39, 0.29) is 24.4 Å². The summed E-state index contributed by atoms with van der Waals surface area (Å²) in [5.74, 6) is -0.0191. The van der Waals surface area contributed by atoms with Gasteiger partial charge in [0.1, 0.15) is 0 Å². The normalized spacial score (nSPS) is 11.8. The highest BCUT2D eigenvalue weighted by Crippen LogP contribution is 2.04. The fraction of sp³-hybridized carbons (Fsp3) is 0.417. The van der Waals surface area contributed by atoms with Gasteiger partial charge in [-0.25, -0.2) is 0 Å². The molecule has 0 aliphatic rings. The summed E-state index contributed by atoms with van der Waals surface area (Å²) in [6.45, 7) is 2.99. The Kier molecular flexibility index (Phi) is 7.54. The van der Waals surface area contributed by atoms with E-state index in [1.807, 2.05) is 49.2 Å². The number of hydrogen-bond donors (Lipinski definition) is 2. The van der Waals surface area contributed by atoms with Gasteiger partial charge < -0.3 is 11.1 Å². The summed E-state index contributed by atoms with van der Waals surface area (Å²) in [7, 11) is 1.88. The summed E-state index contributed by atoms with van der Waals surface area (Å²) in [5, 5.41) is 2.82. The molecule has 3 N–H and O–H groups in total. The zero-order chi connectivity index (χ0) is 12.0. The van der Waals surface area contributed by atoms with Gasteiger partial charge >= 0.3 is 0 Å². The molecule has 4 nitrogen and oxygen atoms in total. The van der Waals surface area contributed by atoms with E-state index in [0.717, 1.165) is 5.69 Å². The van der Waals surface area contributed by atoms with Crippen molar-refractivity contribution in [1.82, 2.24) is 4.90 Å². The molecule has 1 aromatic rings. The molecule has 0 aromatic heterocycles. The van der Waals surface area contributed by atoms with Crippen LogP contribution in [0.5, 0.6) is 0 Å². The lowest BCUT2D eigenvalue weighted by atomic mass is 10.3. The number of amides is 1. The number of nitrogens with one attached hydrogen (secondary N) is 1. The molecule has 17 heavy (non-hydrogen) atoms. The predicted molar refractivity (Wildman–Crippen MR) is 73.5 cm³/mol. The predicted octanol–water partition coefficient (Wildman–Crippen LogP) is 1.33. The molecule has 0 heterocycles. The maximum atomic E-state index is 11.6. The van der Waals surface area contributed by atoms with Gasteiger partial charge in [0.15, 0.2) is 0 Å². The Morgan fingerprint density at radius 1 is 1.41 bits per heavy atom. The SMILES string of the molecule is CC(N)CN(C)CC(=O)Nc1ccccc1.Cl. The second-order valence-electron chi connectivity index (χ2n) is 4.09. The Morgan fingerprint density at radius 2 is 2.00 bits per heavy atom. The average molecular weight is 258 g/mol. The first-order valence-electron chi connectivity index (χ1n) is 5.37. The average Bonchev–Trinajstić information content (AvgIpc) is 2.17. The molecule has 5 heteroatoms. The van der Waals surface area contributed by atoms with E-state index in [1.165, 1.54) is 0 Å². The zero-order valence-electron chi connectivity index (χ0n) is 10.2. The molecule has 1 unspecified atom stereocenters. The largest absolute Gasteiger partial charge is 0.327 e. The lowest BCUT2D eigenvalue weighted by molar-refractivity contribution is -0.117. The van der Waals surface area contributed by atoms with Crippen molar-refractivity contribution in [3.63, 3.8) is 0 Å². The van der Waals surface area contributed by atoms with Crippen LogP contribution < -0.4 is 11.1 Å². The van der Waals surface area contributed by atoms with Crippen molar-refractivity contribution in [2.24, 2.45) is 5.73 Å². The molecule has 0 fully saturated rings. The van der Waals surface area contributed by atoms with Crippen LogP contribution in [0.2, 0.25) is 0 Å². The number of hydrogen-bond acceptors (Lipinski definition) is 3. The maximum Gasteiger partial charge on any atom is 0.238 e. The summed E-state index contributed by atoms with van der Waals surface area (Å²) in [4.78, 5) is 13.5. The van der Waals surface area contributed by atoms with Gasteiger partial charge in [0.2, 0.25) is 5.91 Å². The van der Waals surface area contributed by atoms with Crippen LogP contribution in [0.15, 0.2) is 30.3 Å². The van der Waals surface area contributed by atoms with Gasteiger partial charge in [-0.3, -0.25) is 9.69 Å². The molecule has 1 atom stereocenters. The van der Waals surface area contributed by atoms with Crippen molar-refractivity contribution in [2.75, 3.05) is 25.5 Å². The molecule has 1 rings (SSSR count). The number of carbonyl (C=O) groups is 1. The third-order valence-corrected chi connectivity index (χ3v) is 2.07. The fourth-order valence-corrected chi connectivity index (χ4v) is 1.52. The summed E-state index contributed by atoms with van der Waals surface area (Å²) >= 11 is 0. The van der Waals surface area contributed by atoms with Crippen molar-refractivity contribution < 1.29 is 4.79 Å². The number of benzene rings is 1. The first-order chi connectivity index (χ1) is 7.58. The number of nitrogens with two attached hydrogens (primary N) is 1. The van der Waals surface area contributed by atoms with Gasteiger partial charge in [0.05, 0.1) is 6.54 Å². The number of carbonyl (C=O) groups excluding carboxylic acids is 1. The first-order valence-corrected chi connectivity index (χ1v) is 5.37. The van der Waals surface area contributed by atoms with Gasteiger partial charge in [0.25, 0.3) is 0 Å². The van der Waals surface area contributed by atoms with Crippen LogP contribution in [0.25, 0.3) is 0 Å². The van der Waals surface area contributed by atoms with Gasteiger partial charge in [-0.15, -0.1) is 12.4 Å².